The van der Waals surface area contributed by atoms with Crippen LogP contribution < -0.4 is 4.74 Å². The summed E-state index contributed by atoms with van der Waals surface area (Å²) < 4.78 is 32.9. The first-order chi connectivity index (χ1) is 12.8. The molecule has 1 atom stereocenters. The minimum Gasteiger partial charge on any atom is -0.495 e. The highest BCUT2D eigenvalue weighted by Gasteiger charge is 2.35. The van der Waals surface area contributed by atoms with Gasteiger partial charge in [-0.25, -0.2) is 8.42 Å². The summed E-state index contributed by atoms with van der Waals surface area (Å²) >= 11 is 0. The van der Waals surface area contributed by atoms with E-state index in [1.807, 2.05) is 17.9 Å². The number of hydrogen-bond donors (Lipinski definition) is 0. The Kier molecular flexibility index (Phi) is 6.11. The van der Waals surface area contributed by atoms with Crippen molar-refractivity contribution in [3.8, 4) is 5.75 Å². The van der Waals surface area contributed by atoms with Crippen molar-refractivity contribution in [2.24, 2.45) is 11.8 Å². The zero-order valence-electron chi connectivity index (χ0n) is 16.5. The van der Waals surface area contributed by atoms with Crippen LogP contribution in [0.5, 0.6) is 5.75 Å². The average molecular weight is 395 g/mol. The molecule has 2 aliphatic rings. The van der Waals surface area contributed by atoms with E-state index in [1.165, 1.54) is 17.8 Å². The molecule has 0 spiro atoms. The van der Waals surface area contributed by atoms with Gasteiger partial charge in [0, 0.05) is 32.1 Å². The third-order valence-electron chi connectivity index (χ3n) is 5.71. The number of nitrogens with zero attached hydrogens (tertiary/aromatic N) is 2. The molecular weight excluding hydrogens is 364 g/mol. The highest BCUT2D eigenvalue weighted by molar-refractivity contribution is 7.89. The molecule has 0 aromatic heterocycles. The van der Waals surface area contributed by atoms with Crippen LogP contribution in [0.3, 0.4) is 0 Å². The zero-order valence-corrected chi connectivity index (χ0v) is 17.3. The summed E-state index contributed by atoms with van der Waals surface area (Å²) in [7, 11) is -2.15. The molecule has 2 heterocycles. The molecule has 27 heavy (non-hydrogen) atoms. The number of hydrogen-bond acceptors (Lipinski definition) is 4. The number of benzene rings is 1. The fourth-order valence-corrected chi connectivity index (χ4v) is 5.83. The summed E-state index contributed by atoms with van der Waals surface area (Å²) in [4.78, 5) is 15.0. The van der Waals surface area contributed by atoms with Crippen LogP contribution in [0.25, 0.3) is 0 Å². The molecule has 0 bridgehead atoms. The number of aryl methyl sites for hydroxylation is 1. The Morgan fingerprint density at radius 2 is 1.85 bits per heavy atom. The van der Waals surface area contributed by atoms with Gasteiger partial charge in [0.05, 0.1) is 7.11 Å². The van der Waals surface area contributed by atoms with Crippen LogP contribution in [0.15, 0.2) is 23.1 Å². The molecule has 0 radical (unpaired) electrons. The second kappa shape index (κ2) is 8.19. The molecule has 1 aromatic carbocycles. The van der Waals surface area contributed by atoms with E-state index in [-0.39, 0.29) is 16.7 Å². The van der Waals surface area contributed by atoms with Crippen molar-refractivity contribution in [3.63, 3.8) is 0 Å². The van der Waals surface area contributed by atoms with Crippen LogP contribution in [0, 0.1) is 18.8 Å². The van der Waals surface area contributed by atoms with Gasteiger partial charge < -0.3 is 9.64 Å². The number of carbonyl (C=O) groups is 1. The van der Waals surface area contributed by atoms with Crippen LogP contribution in [0.4, 0.5) is 0 Å². The first kappa shape index (κ1) is 20.1. The standard InChI is InChI=1S/C20H30N2O4S/c1-15-6-7-18(26-3)19(13-15)27(24,25)22-11-8-17(9-12-22)20(23)21-10-4-5-16(2)14-21/h6-7,13,16-17H,4-5,8-12,14H2,1-3H3. The first-order valence-corrected chi connectivity index (χ1v) is 11.2. The lowest BCUT2D eigenvalue weighted by Gasteiger charge is -2.36. The molecule has 2 fully saturated rings. The number of carbonyl (C=O) groups excluding carboxylic acids is 1. The van der Waals surface area contributed by atoms with E-state index in [1.54, 1.807) is 12.1 Å². The van der Waals surface area contributed by atoms with Crippen LogP contribution in [-0.2, 0) is 14.8 Å². The van der Waals surface area contributed by atoms with Crippen LogP contribution in [0.1, 0.15) is 38.2 Å². The van der Waals surface area contributed by atoms with Crippen LogP contribution in [0.2, 0.25) is 0 Å². The number of methoxy groups -OCH3 is 1. The van der Waals surface area contributed by atoms with E-state index in [0.717, 1.165) is 25.1 Å². The maximum atomic E-state index is 13.1. The number of likely N-dealkylation sites (tertiary alicyclic amines) is 1. The largest absolute Gasteiger partial charge is 0.495 e. The summed E-state index contributed by atoms with van der Waals surface area (Å²) in [5.74, 6) is 1.05. The highest BCUT2D eigenvalue weighted by Crippen LogP contribution is 2.31. The van der Waals surface area contributed by atoms with E-state index in [9.17, 15) is 13.2 Å². The van der Waals surface area contributed by atoms with Gasteiger partial charge in [0.15, 0.2) is 0 Å². The fraction of sp³-hybridized carbons (Fsp3) is 0.650. The van der Waals surface area contributed by atoms with Gasteiger partial charge in [-0.2, -0.15) is 4.31 Å². The summed E-state index contributed by atoms with van der Waals surface area (Å²) in [6, 6.07) is 5.18. The Balaban J connectivity index is 1.68. The molecule has 3 rings (SSSR count). The topological polar surface area (TPSA) is 66.9 Å². The van der Waals surface area contributed by atoms with E-state index in [2.05, 4.69) is 6.92 Å². The SMILES string of the molecule is COc1ccc(C)cc1S(=O)(=O)N1CCC(C(=O)N2CCCC(C)C2)CC1. The lowest BCUT2D eigenvalue weighted by Crippen LogP contribution is -2.46. The molecule has 1 unspecified atom stereocenters. The maximum absolute atomic E-state index is 13.1. The second-order valence-electron chi connectivity index (χ2n) is 7.86. The van der Waals surface area contributed by atoms with Crippen molar-refractivity contribution < 1.29 is 17.9 Å². The summed E-state index contributed by atoms with van der Waals surface area (Å²) in [5.41, 5.74) is 0.874. The van der Waals surface area contributed by atoms with Crippen molar-refractivity contribution in [3.05, 3.63) is 23.8 Å². The monoisotopic (exact) mass is 394 g/mol. The predicted octanol–water partition coefficient (Wildman–Crippen LogP) is 2.66. The first-order valence-electron chi connectivity index (χ1n) is 9.76. The van der Waals surface area contributed by atoms with Gasteiger partial charge in [0.1, 0.15) is 10.6 Å². The zero-order chi connectivity index (χ0) is 19.6. The van der Waals surface area contributed by atoms with Gasteiger partial charge in [-0.15, -0.1) is 0 Å². The van der Waals surface area contributed by atoms with Crippen molar-refractivity contribution in [2.75, 3.05) is 33.3 Å². The Hall–Kier alpha value is -1.60. The Morgan fingerprint density at radius 3 is 2.48 bits per heavy atom. The third-order valence-corrected chi connectivity index (χ3v) is 7.63. The van der Waals surface area contributed by atoms with Crippen molar-refractivity contribution in [1.82, 2.24) is 9.21 Å². The Labute approximate surface area is 162 Å². The van der Waals surface area contributed by atoms with E-state index >= 15 is 0 Å². The average Bonchev–Trinajstić information content (AvgIpc) is 2.67. The van der Waals surface area contributed by atoms with E-state index in [0.29, 0.717) is 37.6 Å². The lowest BCUT2D eigenvalue weighted by molar-refractivity contribution is -0.138. The van der Waals surface area contributed by atoms with Crippen LogP contribution in [-0.4, -0.2) is 56.8 Å². The normalized spacial score (nSPS) is 22.6. The number of rotatable bonds is 4. The van der Waals surface area contributed by atoms with Crippen molar-refractivity contribution in [2.45, 2.75) is 44.4 Å². The molecule has 0 saturated carbocycles. The summed E-state index contributed by atoms with van der Waals surface area (Å²) in [6.45, 7) is 6.46. The third kappa shape index (κ3) is 4.29. The molecule has 0 N–H and O–H groups in total. The Bertz CT molecular complexity index is 785. The molecular formula is C20H30N2O4S. The molecule has 2 aliphatic heterocycles. The second-order valence-corrected chi connectivity index (χ2v) is 9.77. The van der Waals surface area contributed by atoms with E-state index < -0.39 is 10.0 Å². The van der Waals surface area contributed by atoms with Crippen LogP contribution >= 0.6 is 0 Å². The summed E-state index contributed by atoms with van der Waals surface area (Å²) in [5, 5.41) is 0. The molecule has 1 aromatic rings. The minimum absolute atomic E-state index is 0.0684. The fourth-order valence-electron chi connectivity index (χ4n) is 4.12. The molecule has 1 amide bonds. The number of sulfonamides is 1. The van der Waals surface area contributed by atoms with Crippen molar-refractivity contribution >= 4 is 15.9 Å². The Morgan fingerprint density at radius 1 is 1.15 bits per heavy atom. The predicted molar refractivity (Wildman–Crippen MR) is 104 cm³/mol. The maximum Gasteiger partial charge on any atom is 0.246 e. The minimum atomic E-state index is -3.63. The number of amides is 1. The molecule has 6 nitrogen and oxygen atoms in total. The lowest BCUT2D eigenvalue weighted by atomic mass is 9.93. The van der Waals surface area contributed by atoms with Gasteiger partial charge in [-0.3, -0.25) is 4.79 Å². The molecule has 7 heteroatoms. The smallest absolute Gasteiger partial charge is 0.246 e. The quantitative estimate of drug-likeness (QED) is 0.787. The number of piperidine rings is 2. The number of ether oxygens (including phenoxy) is 1. The van der Waals surface area contributed by atoms with Gasteiger partial charge in [0.2, 0.25) is 15.9 Å². The van der Waals surface area contributed by atoms with Gasteiger partial charge in [0.25, 0.3) is 0 Å². The molecule has 2 saturated heterocycles. The van der Waals surface area contributed by atoms with E-state index in [4.69, 9.17) is 4.74 Å². The van der Waals surface area contributed by atoms with Gasteiger partial charge >= 0.3 is 0 Å². The van der Waals surface area contributed by atoms with Crippen molar-refractivity contribution in [1.29, 1.82) is 0 Å². The van der Waals surface area contributed by atoms with Gasteiger partial charge in [-0.1, -0.05) is 13.0 Å². The highest BCUT2D eigenvalue weighted by atomic mass is 32.2. The summed E-state index contributed by atoms with van der Waals surface area (Å²) in [6.07, 6.45) is 3.40. The van der Waals surface area contributed by atoms with Gasteiger partial charge in [-0.05, 0) is 56.2 Å². The molecule has 0 aliphatic carbocycles. The molecule has 150 valence electrons.